The summed E-state index contributed by atoms with van der Waals surface area (Å²) in [5, 5.41) is 4.93. The predicted octanol–water partition coefficient (Wildman–Crippen LogP) is 2.98. The molecule has 2 nitrogen and oxygen atoms in total. The third-order valence-corrected chi connectivity index (χ3v) is 3.26. The molecule has 0 amide bonds. The summed E-state index contributed by atoms with van der Waals surface area (Å²) in [6.45, 7) is 0.955. The van der Waals surface area contributed by atoms with Gasteiger partial charge in [0, 0.05) is 29.7 Å². The van der Waals surface area contributed by atoms with Crippen molar-refractivity contribution in [3.05, 3.63) is 48.2 Å². The number of H-pyrrole nitrogens is 1. The van der Waals surface area contributed by atoms with Crippen molar-refractivity contribution in [2.75, 3.05) is 0 Å². The van der Waals surface area contributed by atoms with Crippen molar-refractivity contribution < 1.29 is 0 Å². The van der Waals surface area contributed by atoms with Gasteiger partial charge in [0.05, 0.1) is 0 Å². The number of aromatic nitrogens is 1. The molecule has 0 fully saturated rings. The second-order valence-electron chi connectivity index (χ2n) is 4.38. The fraction of sp³-hybridized carbons (Fsp3) is 0.286. The maximum absolute atomic E-state index is 3.59. The van der Waals surface area contributed by atoms with Gasteiger partial charge in [-0.2, -0.15) is 0 Å². The highest BCUT2D eigenvalue weighted by Crippen LogP contribution is 2.18. The Labute approximate surface area is 95.4 Å². The summed E-state index contributed by atoms with van der Waals surface area (Å²) >= 11 is 0. The van der Waals surface area contributed by atoms with E-state index in [0.29, 0.717) is 6.04 Å². The van der Waals surface area contributed by atoms with Gasteiger partial charge in [-0.15, -0.1) is 0 Å². The summed E-state index contributed by atoms with van der Waals surface area (Å²) in [6, 6.07) is 9.09. The summed E-state index contributed by atoms with van der Waals surface area (Å²) in [6.07, 6.45) is 8.96. The van der Waals surface area contributed by atoms with E-state index in [1.807, 2.05) is 0 Å². The van der Waals surface area contributed by atoms with E-state index in [2.05, 4.69) is 52.9 Å². The number of hydrogen-bond acceptors (Lipinski definition) is 1. The third kappa shape index (κ3) is 1.76. The lowest BCUT2D eigenvalue weighted by Crippen LogP contribution is -2.25. The minimum atomic E-state index is 0.633. The zero-order chi connectivity index (χ0) is 10.8. The van der Waals surface area contributed by atoms with E-state index in [1.165, 1.54) is 29.3 Å². The fourth-order valence-corrected chi connectivity index (χ4v) is 2.32. The second kappa shape index (κ2) is 4.14. The van der Waals surface area contributed by atoms with Crippen LogP contribution in [0.4, 0.5) is 0 Å². The van der Waals surface area contributed by atoms with Crippen molar-refractivity contribution in [1.82, 2.24) is 10.3 Å². The van der Waals surface area contributed by atoms with Crippen LogP contribution in [0.2, 0.25) is 0 Å². The Balaban J connectivity index is 1.74. The highest BCUT2D eigenvalue weighted by molar-refractivity contribution is 5.82. The Bertz CT molecular complexity index is 502. The monoisotopic (exact) mass is 212 g/mol. The molecule has 1 aliphatic rings. The molecule has 1 aromatic heterocycles. The van der Waals surface area contributed by atoms with Crippen LogP contribution in [0.25, 0.3) is 10.9 Å². The average Bonchev–Trinajstić information content (AvgIpc) is 2.96. The first kappa shape index (κ1) is 9.67. The van der Waals surface area contributed by atoms with Crippen LogP contribution in [0.15, 0.2) is 42.6 Å². The number of fused-ring (bicyclic) bond motifs is 1. The van der Waals surface area contributed by atoms with E-state index in [1.54, 1.807) is 0 Å². The van der Waals surface area contributed by atoms with Crippen molar-refractivity contribution >= 4 is 10.9 Å². The molecule has 0 unspecified atom stereocenters. The van der Waals surface area contributed by atoms with Gasteiger partial charge in [0.2, 0.25) is 0 Å². The molecule has 0 saturated carbocycles. The van der Waals surface area contributed by atoms with E-state index >= 15 is 0 Å². The van der Waals surface area contributed by atoms with Crippen LogP contribution in [-0.4, -0.2) is 11.0 Å². The number of benzene rings is 1. The van der Waals surface area contributed by atoms with Crippen molar-refractivity contribution in [3.8, 4) is 0 Å². The van der Waals surface area contributed by atoms with E-state index in [9.17, 15) is 0 Å². The van der Waals surface area contributed by atoms with Gasteiger partial charge in [-0.25, -0.2) is 0 Å². The van der Waals surface area contributed by atoms with E-state index < -0.39 is 0 Å². The Morgan fingerprint density at radius 2 is 2.00 bits per heavy atom. The molecule has 0 atom stereocenters. The molecule has 1 heterocycles. The third-order valence-electron chi connectivity index (χ3n) is 3.26. The largest absolute Gasteiger partial charge is 0.361 e. The van der Waals surface area contributed by atoms with E-state index in [4.69, 9.17) is 0 Å². The van der Waals surface area contributed by atoms with Gasteiger partial charge in [0.1, 0.15) is 0 Å². The fourth-order valence-electron chi connectivity index (χ4n) is 2.32. The Hall–Kier alpha value is -1.54. The Kier molecular flexibility index (Phi) is 2.50. The molecule has 16 heavy (non-hydrogen) atoms. The first-order chi connectivity index (χ1) is 7.93. The van der Waals surface area contributed by atoms with E-state index in [0.717, 1.165) is 6.54 Å². The summed E-state index contributed by atoms with van der Waals surface area (Å²) in [5.41, 5.74) is 2.59. The van der Waals surface area contributed by atoms with Gasteiger partial charge >= 0.3 is 0 Å². The highest BCUT2D eigenvalue weighted by Gasteiger charge is 2.10. The molecule has 2 heteroatoms. The van der Waals surface area contributed by atoms with Crippen LogP contribution < -0.4 is 5.32 Å². The first-order valence-electron chi connectivity index (χ1n) is 5.87. The van der Waals surface area contributed by atoms with E-state index in [-0.39, 0.29) is 0 Å². The van der Waals surface area contributed by atoms with Crippen LogP contribution in [0, 0.1) is 0 Å². The lowest BCUT2D eigenvalue weighted by atomic mass is 10.1. The van der Waals surface area contributed by atoms with Gasteiger partial charge in [0.25, 0.3) is 0 Å². The predicted molar refractivity (Wildman–Crippen MR) is 67.3 cm³/mol. The van der Waals surface area contributed by atoms with Gasteiger partial charge in [-0.1, -0.05) is 30.4 Å². The van der Waals surface area contributed by atoms with Crippen molar-refractivity contribution in [2.45, 2.75) is 25.4 Å². The normalized spacial score (nSPS) is 16.2. The van der Waals surface area contributed by atoms with Gasteiger partial charge in [-0.05, 0) is 24.5 Å². The lowest BCUT2D eigenvalue weighted by Gasteiger charge is -2.10. The SMILES string of the molecule is C1=CCC(NCc2c[nH]c3ccccc23)C1. The molecule has 1 aliphatic carbocycles. The summed E-state index contributed by atoms with van der Waals surface area (Å²) in [5.74, 6) is 0. The van der Waals surface area contributed by atoms with Gasteiger partial charge in [-0.3, -0.25) is 0 Å². The topological polar surface area (TPSA) is 27.8 Å². The summed E-state index contributed by atoms with van der Waals surface area (Å²) in [7, 11) is 0. The molecule has 2 aromatic rings. The smallest absolute Gasteiger partial charge is 0.0457 e. The Morgan fingerprint density at radius 3 is 2.88 bits per heavy atom. The number of rotatable bonds is 3. The van der Waals surface area contributed by atoms with Crippen LogP contribution in [-0.2, 0) is 6.54 Å². The highest BCUT2D eigenvalue weighted by atomic mass is 14.9. The van der Waals surface area contributed by atoms with Crippen LogP contribution in [0.1, 0.15) is 18.4 Å². The number of aromatic amines is 1. The van der Waals surface area contributed by atoms with Crippen LogP contribution in [0.5, 0.6) is 0 Å². The molecule has 0 saturated heterocycles. The quantitative estimate of drug-likeness (QED) is 0.752. The molecular formula is C14H16N2. The minimum absolute atomic E-state index is 0.633. The zero-order valence-corrected chi connectivity index (χ0v) is 9.24. The van der Waals surface area contributed by atoms with Crippen molar-refractivity contribution in [3.63, 3.8) is 0 Å². The van der Waals surface area contributed by atoms with Gasteiger partial charge < -0.3 is 10.3 Å². The molecule has 1 aromatic carbocycles. The lowest BCUT2D eigenvalue weighted by molar-refractivity contribution is 0.540. The van der Waals surface area contributed by atoms with Crippen molar-refractivity contribution in [1.29, 1.82) is 0 Å². The van der Waals surface area contributed by atoms with Crippen LogP contribution >= 0.6 is 0 Å². The number of nitrogens with one attached hydrogen (secondary N) is 2. The van der Waals surface area contributed by atoms with Crippen LogP contribution in [0.3, 0.4) is 0 Å². The zero-order valence-electron chi connectivity index (χ0n) is 9.24. The molecular weight excluding hydrogens is 196 g/mol. The second-order valence-corrected chi connectivity index (χ2v) is 4.38. The molecule has 0 spiro atoms. The van der Waals surface area contributed by atoms with Crippen molar-refractivity contribution in [2.24, 2.45) is 0 Å². The molecule has 3 rings (SSSR count). The average molecular weight is 212 g/mol. The maximum Gasteiger partial charge on any atom is 0.0457 e. The summed E-state index contributed by atoms with van der Waals surface area (Å²) < 4.78 is 0. The molecule has 0 aliphatic heterocycles. The molecule has 82 valence electrons. The molecule has 0 bridgehead atoms. The first-order valence-corrected chi connectivity index (χ1v) is 5.87. The minimum Gasteiger partial charge on any atom is -0.361 e. The standard InChI is InChI=1S/C14H16N2/c1-2-6-12(5-1)15-9-11-10-16-14-8-4-3-7-13(11)14/h1-4,7-8,10,12,15-16H,5-6,9H2. The van der Waals surface area contributed by atoms with Gasteiger partial charge in [0.15, 0.2) is 0 Å². The molecule has 2 N–H and O–H groups in total. The molecule has 0 radical (unpaired) electrons. The maximum atomic E-state index is 3.59. The Morgan fingerprint density at radius 1 is 1.19 bits per heavy atom. The number of hydrogen-bond donors (Lipinski definition) is 2. The number of para-hydroxylation sites is 1. The summed E-state index contributed by atoms with van der Waals surface area (Å²) in [4.78, 5) is 3.31.